The van der Waals surface area contributed by atoms with E-state index in [0.717, 1.165) is 0 Å². The molecular weight excluding hydrogens is 432 g/mol. The number of rotatable bonds is 6. The molecule has 1 aliphatic rings. The number of hydrogen-bond donors (Lipinski definition) is 2. The largest absolute Gasteiger partial charge is 0.480 e. The molecule has 0 radical (unpaired) electrons. The van der Waals surface area contributed by atoms with Crippen molar-refractivity contribution in [2.24, 2.45) is 4.99 Å². The van der Waals surface area contributed by atoms with Crippen LogP contribution in [0.5, 0.6) is 5.75 Å². The molecule has 1 amide bonds. The van der Waals surface area contributed by atoms with E-state index in [4.69, 9.17) is 26.6 Å². The number of carbonyl (C=O) groups is 3. The maximum absolute atomic E-state index is 12.5. The third kappa shape index (κ3) is 5.00. The second-order valence-electron chi connectivity index (χ2n) is 6.09. The molecule has 8 nitrogen and oxygen atoms in total. The summed E-state index contributed by atoms with van der Waals surface area (Å²) < 4.78 is 5.08. The predicted octanol–water partition coefficient (Wildman–Crippen LogP) is 3.74. The van der Waals surface area contributed by atoms with E-state index in [1.54, 1.807) is 37.4 Å². The van der Waals surface area contributed by atoms with Gasteiger partial charge in [-0.1, -0.05) is 17.7 Å². The Morgan fingerprint density at radius 2 is 1.90 bits per heavy atom. The summed E-state index contributed by atoms with van der Waals surface area (Å²) >= 11 is 7.29. The number of aromatic carboxylic acids is 1. The summed E-state index contributed by atoms with van der Waals surface area (Å²) in [6.07, 6.45) is 1.65. The predicted molar refractivity (Wildman–Crippen MR) is 113 cm³/mol. The first-order valence-corrected chi connectivity index (χ1v) is 9.68. The molecule has 0 bridgehead atoms. The van der Waals surface area contributed by atoms with Crippen LogP contribution in [0.15, 0.2) is 52.4 Å². The molecule has 30 heavy (non-hydrogen) atoms. The van der Waals surface area contributed by atoms with Gasteiger partial charge in [-0.05, 0) is 59.8 Å². The maximum Gasteiger partial charge on any atom is 0.341 e. The lowest BCUT2D eigenvalue weighted by Crippen LogP contribution is -2.23. The van der Waals surface area contributed by atoms with Gasteiger partial charge in [-0.15, -0.1) is 0 Å². The Labute approximate surface area is 180 Å². The first kappa shape index (κ1) is 21.4. The molecule has 0 aliphatic carbocycles. The number of carboxylic acids is 2. The number of aliphatic imine (C=N–C) groups is 1. The molecule has 1 heterocycles. The van der Waals surface area contributed by atoms with Crippen molar-refractivity contribution < 1.29 is 29.3 Å². The van der Waals surface area contributed by atoms with Gasteiger partial charge in [0, 0.05) is 7.05 Å². The van der Waals surface area contributed by atoms with E-state index in [-0.39, 0.29) is 22.2 Å². The zero-order chi connectivity index (χ0) is 21.8. The Balaban J connectivity index is 1.80. The fraction of sp³-hybridized carbons (Fsp3) is 0.100. The van der Waals surface area contributed by atoms with Gasteiger partial charge in [0.25, 0.3) is 5.91 Å². The van der Waals surface area contributed by atoms with Crippen LogP contribution in [0.3, 0.4) is 0 Å². The third-order valence-electron chi connectivity index (χ3n) is 3.95. The van der Waals surface area contributed by atoms with E-state index in [1.807, 2.05) is 0 Å². The quantitative estimate of drug-likeness (QED) is 0.649. The standard InChI is InChI=1S/C20H15ClN2O6S/c1-23-18(26)16(9-11-2-7-15(14(21)8-11)29-10-17(24)25)30-20(23)22-13-5-3-12(4-6-13)19(27)28/h2-9H,10H2,1H3,(H,24,25)(H,27,28). The molecule has 10 heteroatoms. The van der Waals surface area contributed by atoms with Crippen LogP contribution in [0, 0.1) is 0 Å². The average molecular weight is 447 g/mol. The second-order valence-corrected chi connectivity index (χ2v) is 7.51. The summed E-state index contributed by atoms with van der Waals surface area (Å²) in [7, 11) is 1.59. The summed E-state index contributed by atoms with van der Waals surface area (Å²) in [4.78, 5) is 40.3. The first-order chi connectivity index (χ1) is 14.2. The molecule has 0 aromatic heterocycles. The van der Waals surface area contributed by atoms with Crippen molar-refractivity contribution in [2.75, 3.05) is 13.7 Å². The minimum Gasteiger partial charge on any atom is -0.480 e. The lowest BCUT2D eigenvalue weighted by molar-refractivity contribution is -0.139. The van der Waals surface area contributed by atoms with Crippen LogP contribution >= 0.6 is 23.4 Å². The van der Waals surface area contributed by atoms with Crippen molar-refractivity contribution in [1.82, 2.24) is 4.90 Å². The van der Waals surface area contributed by atoms with Crippen molar-refractivity contribution in [3.05, 3.63) is 63.5 Å². The van der Waals surface area contributed by atoms with Gasteiger partial charge in [-0.2, -0.15) is 0 Å². The minimum absolute atomic E-state index is 0.149. The summed E-state index contributed by atoms with van der Waals surface area (Å²) in [5, 5.41) is 18.3. The molecular formula is C20H15ClN2O6S. The van der Waals surface area contributed by atoms with E-state index >= 15 is 0 Å². The summed E-state index contributed by atoms with van der Waals surface area (Å²) in [5.41, 5.74) is 1.31. The van der Waals surface area contributed by atoms with Gasteiger partial charge in [0.2, 0.25) is 0 Å². The molecule has 3 rings (SSSR count). The Morgan fingerprint density at radius 3 is 2.50 bits per heavy atom. The zero-order valence-corrected chi connectivity index (χ0v) is 17.1. The molecule has 2 aromatic carbocycles. The first-order valence-electron chi connectivity index (χ1n) is 8.48. The molecule has 1 aliphatic heterocycles. The number of hydrogen-bond acceptors (Lipinski definition) is 6. The second kappa shape index (κ2) is 9.02. The highest BCUT2D eigenvalue weighted by molar-refractivity contribution is 8.18. The van der Waals surface area contributed by atoms with E-state index < -0.39 is 18.5 Å². The fourth-order valence-electron chi connectivity index (χ4n) is 2.46. The van der Waals surface area contributed by atoms with Gasteiger partial charge in [0.05, 0.1) is 21.2 Å². The van der Waals surface area contributed by atoms with Crippen molar-refractivity contribution in [3.8, 4) is 5.75 Å². The molecule has 0 unspecified atom stereocenters. The number of carboxylic acid groups (broad SMARTS) is 2. The summed E-state index contributed by atoms with van der Waals surface area (Å²) in [6, 6.07) is 10.8. The summed E-state index contributed by atoms with van der Waals surface area (Å²) in [5.74, 6) is -2.16. The Kier molecular flexibility index (Phi) is 6.43. The molecule has 1 fully saturated rings. The zero-order valence-electron chi connectivity index (χ0n) is 15.5. The third-order valence-corrected chi connectivity index (χ3v) is 5.30. The van der Waals surface area contributed by atoms with Crippen molar-refractivity contribution >= 4 is 58.1 Å². The highest BCUT2D eigenvalue weighted by atomic mass is 35.5. The highest BCUT2D eigenvalue weighted by Gasteiger charge is 2.30. The van der Waals surface area contributed by atoms with Gasteiger partial charge in [-0.3, -0.25) is 9.69 Å². The van der Waals surface area contributed by atoms with Gasteiger partial charge in [0.1, 0.15) is 5.75 Å². The van der Waals surface area contributed by atoms with Crippen LogP contribution in [-0.4, -0.2) is 51.8 Å². The Bertz CT molecular complexity index is 1080. The lowest BCUT2D eigenvalue weighted by Gasteiger charge is -2.07. The number of benzene rings is 2. The molecule has 0 atom stereocenters. The fourth-order valence-corrected chi connectivity index (χ4v) is 3.69. The smallest absolute Gasteiger partial charge is 0.341 e. The number of aliphatic carboxylic acids is 1. The molecule has 154 valence electrons. The molecule has 2 aromatic rings. The minimum atomic E-state index is -1.11. The highest BCUT2D eigenvalue weighted by Crippen LogP contribution is 2.34. The lowest BCUT2D eigenvalue weighted by atomic mass is 10.2. The monoisotopic (exact) mass is 446 g/mol. The van der Waals surface area contributed by atoms with Gasteiger partial charge < -0.3 is 14.9 Å². The van der Waals surface area contributed by atoms with Crippen LogP contribution < -0.4 is 4.74 Å². The van der Waals surface area contributed by atoms with E-state index in [1.165, 1.54) is 34.9 Å². The molecule has 0 saturated carbocycles. The van der Waals surface area contributed by atoms with Crippen LogP contribution in [0.4, 0.5) is 5.69 Å². The number of amides is 1. The number of thioether (sulfide) groups is 1. The van der Waals surface area contributed by atoms with E-state index in [9.17, 15) is 14.4 Å². The number of nitrogens with zero attached hydrogens (tertiary/aromatic N) is 2. The SMILES string of the molecule is CN1C(=O)C(=Cc2ccc(OCC(=O)O)c(Cl)c2)SC1=Nc1ccc(C(=O)O)cc1. The molecule has 0 spiro atoms. The van der Waals surface area contributed by atoms with Crippen LogP contribution in [-0.2, 0) is 9.59 Å². The van der Waals surface area contributed by atoms with Crippen LogP contribution in [0.1, 0.15) is 15.9 Å². The summed E-state index contributed by atoms with van der Waals surface area (Å²) in [6.45, 7) is -0.507. The molecule has 2 N–H and O–H groups in total. The van der Waals surface area contributed by atoms with Crippen molar-refractivity contribution in [3.63, 3.8) is 0 Å². The van der Waals surface area contributed by atoms with Crippen LogP contribution in [0.25, 0.3) is 6.08 Å². The Morgan fingerprint density at radius 1 is 1.20 bits per heavy atom. The Hall–Kier alpha value is -3.30. The van der Waals surface area contributed by atoms with E-state index in [0.29, 0.717) is 21.3 Å². The van der Waals surface area contributed by atoms with Gasteiger partial charge in [-0.25, -0.2) is 14.6 Å². The topological polar surface area (TPSA) is 117 Å². The van der Waals surface area contributed by atoms with Gasteiger partial charge in [0.15, 0.2) is 11.8 Å². The number of amidine groups is 1. The normalized spacial score (nSPS) is 16.3. The van der Waals surface area contributed by atoms with Crippen LogP contribution in [0.2, 0.25) is 5.02 Å². The number of carbonyl (C=O) groups excluding carboxylic acids is 1. The molecule has 1 saturated heterocycles. The van der Waals surface area contributed by atoms with Gasteiger partial charge >= 0.3 is 11.9 Å². The number of likely N-dealkylation sites (N-methyl/N-ethyl adjacent to an activating group) is 1. The maximum atomic E-state index is 12.5. The van der Waals surface area contributed by atoms with Crippen molar-refractivity contribution in [2.45, 2.75) is 0 Å². The number of halogens is 1. The van der Waals surface area contributed by atoms with Crippen molar-refractivity contribution in [1.29, 1.82) is 0 Å². The number of ether oxygens (including phenoxy) is 1. The van der Waals surface area contributed by atoms with E-state index in [2.05, 4.69) is 4.99 Å². The average Bonchev–Trinajstić information content (AvgIpc) is 2.95.